The van der Waals surface area contributed by atoms with Gasteiger partial charge in [0.05, 0.1) is 28.3 Å². The number of aromatic nitrogens is 3. The zero-order chi connectivity index (χ0) is 21.6. The molecule has 0 spiro atoms. The first-order valence-electron chi connectivity index (χ1n) is 8.70. The van der Waals surface area contributed by atoms with E-state index in [4.69, 9.17) is 11.6 Å². The number of benzene rings is 1. The molecule has 154 valence electrons. The van der Waals surface area contributed by atoms with E-state index >= 15 is 0 Å². The minimum Gasteiger partial charge on any atom is -0.363 e. The van der Waals surface area contributed by atoms with E-state index in [0.717, 1.165) is 6.07 Å². The van der Waals surface area contributed by atoms with E-state index in [1.54, 1.807) is 33.2 Å². The molecular formula is C19H19ClF3N4OP. The molecule has 0 saturated heterocycles. The van der Waals surface area contributed by atoms with Crippen LogP contribution in [0.25, 0.3) is 10.9 Å². The molecule has 1 atom stereocenters. The van der Waals surface area contributed by atoms with E-state index in [2.05, 4.69) is 20.3 Å². The van der Waals surface area contributed by atoms with Crippen LogP contribution in [0.4, 0.5) is 19.0 Å². The molecular weight excluding hydrogens is 424 g/mol. The number of pyridine rings is 1. The molecule has 1 N–H and O–H groups in total. The van der Waals surface area contributed by atoms with Crippen LogP contribution in [0.15, 0.2) is 30.5 Å². The number of halogens is 4. The molecule has 0 aliphatic heterocycles. The Kier molecular flexibility index (Phi) is 5.62. The number of fused-ring (bicyclic) bond motifs is 1. The maximum atomic E-state index is 13.2. The molecule has 0 saturated carbocycles. The van der Waals surface area contributed by atoms with Crippen LogP contribution < -0.4 is 10.8 Å². The molecule has 5 nitrogen and oxygen atoms in total. The summed E-state index contributed by atoms with van der Waals surface area (Å²) >= 11 is 6.05. The highest BCUT2D eigenvalue weighted by Gasteiger charge is 2.34. The first kappa shape index (κ1) is 21.5. The monoisotopic (exact) mass is 442 g/mol. The van der Waals surface area contributed by atoms with Crippen LogP contribution in [0.5, 0.6) is 0 Å². The Morgan fingerprint density at radius 1 is 1.21 bits per heavy atom. The third-order valence-electron chi connectivity index (χ3n) is 4.38. The van der Waals surface area contributed by atoms with Gasteiger partial charge in [-0.1, -0.05) is 23.7 Å². The summed E-state index contributed by atoms with van der Waals surface area (Å²) in [5.41, 5.74) is 0.361. The number of anilines is 1. The largest absolute Gasteiger partial charge is 0.417 e. The van der Waals surface area contributed by atoms with Crippen molar-refractivity contribution >= 4 is 40.9 Å². The van der Waals surface area contributed by atoms with E-state index in [1.807, 2.05) is 0 Å². The van der Waals surface area contributed by atoms with Crippen molar-refractivity contribution in [3.63, 3.8) is 0 Å². The highest BCUT2D eigenvalue weighted by atomic mass is 35.5. The summed E-state index contributed by atoms with van der Waals surface area (Å²) in [5.74, 6) is 0.874. The third-order valence-corrected chi connectivity index (χ3v) is 6.15. The van der Waals surface area contributed by atoms with E-state index in [-0.39, 0.29) is 10.6 Å². The quantitative estimate of drug-likeness (QED) is 0.546. The molecule has 3 aromatic rings. The van der Waals surface area contributed by atoms with Crippen molar-refractivity contribution in [2.24, 2.45) is 0 Å². The van der Waals surface area contributed by atoms with Gasteiger partial charge in [-0.15, -0.1) is 0 Å². The Morgan fingerprint density at radius 3 is 2.52 bits per heavy atom. The van der Waals surface area contributed by atoms with Crippen LogP contribution in [0.3, 0.4) is 0 Å². The number of aryl methyl sites for hydroxylation is 1. The molecule has 29 heavy (non-hydrogen) atoms. The Morgan fingerprint density at radius 2 is 1.90 bits per heavy atom. The molecule has 1 aromatic carbocycles. The zero-order valence-corrected chi connectivity index (χ0v) is 17.8. The van der Waals surface area contributed by atoms with E-state index in [0.29, 0.717) is 28.0 Å². The molecule has 2 heterocycles. The third kappa shape index (κ3) is 4.54. The lowest BCUT2D eigenvalue weighted by Crippen LogP contribution is -2.14. The summed E-state index contributed by atoms with van der Waals surface area (Å²) in [6, 6.07) is 4.87. The minimum absolute atomic E-state index is 0.289. The van der Waals surface area contributed by atoms with Gasteiger partial charge in [0.1, 0.15) is 24.2 Å². The topological polar surface area (TPSA) is 67.8 Å². The van der Waals surface area contributed by atoms with Crippen LogP contribution in [-0.4, -0.2) is 28.3 Å². The van der Waals surface area contributed by atoms with Gasteiger partial charge in [0.25, 0.3) is 0 Å². The van der Waals surface area contributed by atoms with Crippen molar-refractivity contribution in [1.29, 1.82) is 0 Å². The second kappa shape index (κ2) is 7.58. The predicted octanol–water partition coefficient (Wildman–Crippen LogP) is 5.43. The first-order chi connectivity index (χ1) is 13.4. The van der Waals surface area contributed by atoms with Gasteiger partial charge in [-0.2, -0.15) is 13.2 Å². The smallest absolute Gasteiger partial charge is 0.363 e. The van der Waals surface area contributed by atoms with Crippen LogP contribution in [-0.2, 0) is 10.7 Å². The first-order valence-corrected chi connectivity index (χ1v) is 11.7. The van der Waals surface area contributed by atoms with Gasteiger partial charge >= 0.3 is 6.18 Å². The Labute approximate surface area is 171 Å². The molecule has 3 rings (SSSR count). The maximum Gasteiger partial charge on any atom is 0.417 e. The minimum atomic E-state index is -4.55. The van der Waals surface area contributed by atoms with E-state index < -0.39 is 24.9 Å². The van der Waals surface area contributed by atoms with E-state index in [9.17, 15) is 17.7 Å². The molecule has 0 radical (unpaired) electrons. The summed E-state index contributed by atoms with van der Waals surface area (Å²) in [6.07, 6.45) is -3.03. The van der Waals surface area contributed by atoms with Gasteiger partial charge in [0.15, 0.2) is 0 Å². The highest BCUT2D eigenvalue weighted by Crippen LogP contribution is 2.39. The zero-order valence-electron chi connectivity index (χ0n) is 16.2. The summed E-state index contributed by atoms with van der Waals surface area (Å²) in [6.45, 7) is 6.60. The number of hydrogen-bond donors (Lipinski definition) is 1. The summed E-state index contributed by atoms with van der Waals surface area (Å²) in [5, 5.41) is 3.35. The van der Waals surface area contributed by atoms with Crippen LogP contribution >= 0.6 is 18.7 Å². The van der Waals surface area contributed by atoms with Crippen LogP contribution in [0.2, 0.25) is 5.02 Å². The van der Waals surface area contributed by atoms with Crippen LogP contribution in [0, 0.1) is 6.92 Å². The number of alkyl halides is 3. The molecule has 0 aliphatic carbocycles. The van der Waals surface area contributed by atoms with Crippen molar-refractivity contribution in [3.8, 4) is 0 Å². The van der Waals surface area contributed by atoms with Crippen LogP contribution in [0.1, 0.15) is 29.9 Å². The number of nitrogens with one attached hydrogen (secondary N) is 1. The fourth-order valence-electron chi connectivity index (χ4n) is 2.93. The molecule has 0 bridgehead atoms. The standard InChI is InChI=1S/C19H19ClF3N4OP/c1-10(12-6-5-7-14(17(12)20)19(21,22)23)25-18-13-8-16(29(3,4)28)24-9-15(13)26-11(2)27-18/h5-10H,1-4H3,(H,25,26,27)/t10-/m1/s1. The predicted molar refractivity (Wildman–Crippen MR) is 110 cm³/mol. The Bertz CT molecular complexity index is 1130. The second-order valence-electron chi connectivity index (χ2n) is 7.10. The molecule has 0 aliphatic rings. The average Bonchev–Trinajstić information content (AvgIpc) is 2.59. The van der Waals surface area contributed by atoms with Crippen molar-refractivity contribution in [3.05, 3.63) is 52.4 Å². The maximum absolute atomic E-state index is 13.2. The van der Waals surface area contributed by atoms with Crippen molar-refractivity contribution in [2.75, 3.05) is 18.6 Å². The number of nitrogens with zero attached hydrogens (tertiary/aromatic N) is 3. The fraction of sp³-hybridized carbons (Fsp3) is 0.316. The van der Waals surface area contributed by atoms with Crippen molar-refractivity contribution in [2.45, 2.75) is 26.1 Å². The fourth-order valence-corrected chi connectivity index (χ4v) is 4.10. The molecule has 0 amide bonds. The van der Waals surface area contributed by atoms with Gasteiger partial charge in [-0.25, -0.2) is 9.97 Å². The number of rotatable bonds is 4. The van der Waals surface area contributed by atoms with Gasteiger partial charge in [0.2, 0.25) is 0 Å². The second-order valence-corrected chi connectivity index (χ2v) is 10.6. The molecule has 0 unspecified atom stereocenters. The summed E-state index contributed by atoms with van der Waals surface area (Å²) in [7, 11) is -2.62. The SMILES string of the molecule is Cc1nc(N[C@H](C)c2cccc(C(F)(F)F)c2Cl)c2cc(P(C)(C)=O)ncc2n1. The Balaban J connectivity index is 2.07. The van der Waals surface area contributed by atoms with Crippen molar-refractivity contribution < 1.29 is 17.7 Å². The van der Waals surface area contributed by atoms with Gasteiger partial charge < -0.3 is 9.88 Å². The normalized spacial score (nSPS) is 13.5. The average molecular weight is 443 g/mol. The highest BCUT2D eigenvalue weighted by molar-refractivity contribution is 7.69. The summed E-state index contributed by atoms with van der Waals surface area (Å²) in [4.78, 5) is 12.9. The Hall–Kier alpha value is -2.18. The molecule has 0 fully saturated rings. The molecule has 2 aromatic heterocycles. The van der Waals surface area contributed by atoms with Gasteiger partial charge in [0, 0.05) is 5.39 Å². The van der Waals surface area contributed by atoms with E-state index in [1.165, 1.54) is 18.3 Å². The summed E-state index contributed by atoms with van der Waals surface area (Å²) < 4.78 is 51.9. The lowest BCUT2D eigenvalue weighted by atomic mass is 10.0. The van der Waals surface area contributed by atoms with Gasteiger partial charge in [-0.05, 0) is 44.9 Å². The number of hydrogen-bond acceptors (Lipinski definition) is 5. The molecule has 10 heteroatoms. The van der Waals surface area contributed by atoms with Gasteiger partial charge in [-0.3, -0.25) is 4.98 Å². The lowest BCUT2D eigenvalue weighted by Gasteiger charge is -2.20. The lowest BCUT2D eigenvalue weighted by molar-refractivity contribution is -0.137. The van der Waals surface area contributed by atoms with Crippen molar-refractivity contribution in [1.82, 2.24) is 15.0 Å².